The molecular formula is C12H11NO2. The molecule has 1 aromatic rings. The number of nitriles is 1. The number of carbonyl (C=O) groups excluding carboxylic acids is 1. The van der Waals surface area contributed by atoms with E-state index in [9.17, 15) is 4.79 Å². The summed E-state index contributed by atoms with van der Waals surface area (Å²) >= 11 is 0. The number of benzene rings is 1. The largest absolute Gasteiger partial charge is 0.460 e. The minimum Gasteiger partial charge on any atom is -0.460 e. The molecule has 3 heteroatoms. The minimum absolute atomic E-state index is 0.276. The van der Waals surface area contributed by atoms with Gasteiger partial charge in [0.1, 0.15) is 11.5 Å². The molecule has 0 N–H and O–H groups in total. The van der Waals surface area contributed by atoms with E-state index < -0.39 is 5.41 Å². The summed E-state index contributed by atoms with van der Waals surface area (Å²) in [6.07, 6.45) is 0.329. The average molecular weight is 201 g/mol. The van der Waals surface area contributed by atoms with Gasteiger partial charge in [0, 0.05) is 13.3 Å². The predicted molar refractivity (Wildman–Crippen MR) is 53.9 cm³/mol. The highest BCUT2D eigenvalue weighted by molar-refractivity contribution is 5.67. The summed E-state index contributed by atoms with van der Waals surface area (Å²) in [5.74, 6) is -0.326. The second-order valence-corrected chi connectivity index (χ2v) is 3.75. The van der Waals surface area contributed by atoms with Crippen LogP contribution in [-0.2, 0) is 14.9 Å². The maximum absolute atomic E-state index is 10.8. The molecule has 2 atom stereocenters. The van der Waals surface area contributed by atoms with Crippen molar-refractivity contribution in [1.29, 1.82) is 5.26 Å². The van der Waals surface area contributed by atoms with E-state index >= 15 is 0 Å². The summed E-state index contributed by atoms with van der Waals surface area (Å²) in [7, 11) is 0. The van der Waals surface area contributed by atoms with Gasteiger partial charge in [0.25, 0.3) is 0 Å². The van der Waals surface area contributed by atoms with E-state index in [0.717, 1.165) is 5.56 Å². The second-order valence-electron chi connectivity index (χ2n) is 3.75. The Kier molecular flexibility index (Phi) is 2.20. The number of nitrogens with zero attached hydrogens (tertiary/aromatic N) is 1. The fourth-order valence-electron chi connectivity index (χ4n) is 1.80. The van der Waals surface area contributed by atoms with Crippen LogP contribution in [0.25, 0.3) is 0 Å². The van der Waals surface area contributed by atoms with E-state index in [1.807, 2.05) is 30.3 Å². The summed E-state index contributed by atoms with van der Waals surface area (Å²) in [6.45, 7) is 1.37. The quantitative estimate of drug-likeness (QED) is 0.685. The van der Waals surface area contributed by atoms with Crippen LogP contribution in [0, 0.1) is 11.3 Å². The van der Waals surface area contributed by atoms with Gasteiger partial charge in [-0.3, -0.25) is 4.79 Å². The molecule has 1 aliphatic carbocycles. The van der Waals surface area contributed by atoms with E-state index in [4.69, 9.17) is 10.00 Å². The monoisotopic (exact) mass is 201 g/mol. The van der Waals surface area contributed by atoms with Gasteiger partial charge < -0.3 is 4.74 Å². The fraction of sp³-hybridized carbons (Fsp3) is 0.333. The molecule has 0 heterocycles. The van der Waals surface area contributed by atoms with Gasteiger partial charge >= 0.3 is 5.97 Å². The van der Waals surface area contributed by atoms with Gasteiger partial charge in [-0.1, -0.05) is 30.3 Å². The molecule has 1 saturated carbocycles. The number of esters is 1. The molecule has 0 saturated heterocycles. The number of hydrogen-bond donors (Lipinski definition) is 0. The molecule has 0 aliphatic heterocycles. The molecule has 1 aromatic carbocycles. The Morgan fingerprint density at radius 3 is 2.73 bits per heavy atom. The lowest BCUT2D eigenvalue weighted by atomic mass is 9.97. The Bertz CT molecular complexity index is 421. The zero-order valence-corrected chi connectivity index (χ0v) is 8.43. The van der Waals surface area contributed by atoms with E-state index in [0.29, 0.717) is 6.42 Å². The number of hydrogen-bond acceptors (Lipinski definition) is 3. The van der Waals surface area contributed by atoms with Crippen LogP contribution in [0.5, 0.6) is 0 Å². The Balaban J connectivity index is 2.22. The van der Waals surface area contributed by atoms with Crippen molar-refractivity contribution in [2.45, 2.75) is 24.9 Å². The lowest BCUT2D eigenvalue weighted by Crippen LogP contribution is -2.14. The highest BCUT2D eigenvalue weighted by Crippen LogP contribution is 2.49. The standard InChI is InChI=1S/C12H11NO2/c1-9(14)15-11-7-12(11,8-13)10-5-3-2-4-6-10/h2-6,11H,7H2,1H3/t11-,12+/m0/s1. The number of rotatable bonds is 2. The third-order valence-electron chi connectivity index (χ3n) is 2.69. The Hall–Kier alpha value is -1.82. The lowest BCUT2D eigenvalue weighted by molar-refractivity contribution is -0.142. The molecule has 0 bridgehead atoms. The highest BCUT2D eigenvalue weighted by atomic mass is 16.5. The van der Waals surface area contributed by atoms with Crippen molar-refractivity contribution in [1.82, 2.24) is 0 Å². The number of carbonyl (C=O) groups is 1. The van der Waals surface area contributed by atoms with Gasteiger partial charge in [0.15, 0.2) is 0 Å². The van der Waals surface area contributed by atoms with Crippen LogP contribution in [0.4, 0.5) is 0 Å². The Labute approximate surface area is 88.3 Å². The van der Waals surface area contributed by atoms with Crippen molar-refractivity contribution in [3.05, 3.63) is 35.9 Å². The van der Waals surface area contributed by atoms with Crippen LogP contribution in [-0.4, -0.2) is 12.1 Å². The summed E-state index contributed by atoms with van der Waals surface area (Å²) in [5, 5.41) is 9.15. The summed E-state index contributed by atoms with van der Waals surface area (Å²) < 4.78 is 5.06. The van der Waals surface area contributed by atoms with Crippen molar-refractivity contribution in [2.24, 2.45) is 0 Å². The van der Waals surface area contributed by atoms with Gasteiger partial charge in [-0.05, 0) is 5.56 Å². The molecule has 76 valence electrons. The fourth-order valence-corrected chi connectivity index (χ4v) is 1.80. The van der Waals surface area contributed by atoms with Crippen LogP contribution >= 0.6 is 0 Å². The molecule has 0 spiro atoms. The van der Waals surface area contributed by atoms with E-state index in [-0.39, 0.29) is 12.1 Å². The predicted octanol–water partition coefficient (Wildman–Crippen LogP) is 1.78. The normalized spacial score (nSPS) is 27.9. The van der Waals surface area contributed by atoms with Gasteiger partial charge in [-0.2, -0.15) is 5.26 Å². The molecule has 3 nitrogen and oxygen atoms in total. The Morgan fingerprint density at radius 2 is 2.20 bits per heavy atom. The van der Waals surface area contributed by atoms with Crippen LogP contribution < -0.4 is 0 Å². The first-order chi connectivity index (χ1) is 7.19. The zero-order chi connectivity index (χ0) is 10.9. The SMILES string of the molecule is CC(=O)O[C@H]1C[C@@]1(C#N)c1ccccc1. The van der Waals surface area contributed by atoms with Gasteiger partial charge in [0.05, 0.1) is 6.07 Å². The summed E-state index contributed by atoms with van der Waals surface area (Å²) in [5.41, 5.74) is 0.325. The summed E-state index contributed by atoms with van der Waals surface area (Å²) in [6, 6.07) is 11.7. The first kappa shape index (κ1) is 9.72. The topological polar surface area (TPSA) is 50.1 Å². The smallest absolute Gasteiger partial charge is 0.302 e. The molecule has 0 unspecified atom stereocenters. The van der Waals surface area contributed by atoms with Crippen LogP contribution in [0.2, 0.25) is 0 Å². The van der Waals surface area contributed by atoms with Crippen molar-refractivity contribution < 1.29 is 9.53 Å². The maximum Gasteiger partial charge on any atom is 0.302 e. The third kappa shape index (κ3) is 1.59. The maximum atomic E-state index is 10.8. The molecule has 0 amide bonds. The number of ether oxygens (including phenoxy) is 1. The Morgan fingerprint density at radius 1 is 1.53 bits per heavy atom. The van der Waals surface area contributed by atoms with Gasteiger partial charge in [-0.15, -0.1) is 0 Å². The van der Waals surface area contributed by atoms with Crippen LogP contribution in [0.3, 0.4) is 0 Å². The molecule has 1 aliphatic rings. The van der Waals surface area contributed by atoms with Crippen LogP contribution in [0.15, 0.2) is 30.3 Å². The summed E-state index contributed by atoms with van der Waals surface area (Å²) in [4.78, 5) is 10.8. The minimum atomic E-state index is -0.604. The molecular weight excluding hydrogens is 190 g/mol. The van der Waals surface area contributed by atoms with Crippen molar-refractivity contribution in [3.63, 3.8) is 0 Å². The van der Waals surface area contributed by atoms with Gasteiger partial charge in [-0.25, -0.2) is 0 Å². The van der Waals surface area contributed by atoms with E-state index in [2.05, 4.69) is 6.07 Å². The van der Waals surface area contributed by atoms with Crippen molar-refractivity contribution in [2.75, 3.05) is 0 Å². The second kappa shape index (κ2) is 3.39. The van der Waals surface area contributed by atoms with E-state index in [1.54, 1.807) is 0 Å². The van der Waals surface area contributed by atoms with E-state index in [1.165, 1.54) is 6.92 Å². The van der Waals surface area contributed by atoms with Crippen molar-refractivity contribution in [3.8, 4) is 6.07 Å². The molecule has 0 aromatic heterocycles. The third-order valence-corrected chi connectivity index (χ3v) is 2.69. The first-order valence-electron chi connectivity index (χ1n) is 4.83. The molecule has 15 heavy (non-hydrogen) atoms. The molecule has 0 radical (unpaired) electrons. The zero-order valence-electron chi connectivity index (χ0n) is 8.43. The highest BCUT2D eigenvalue weighted by Gasteiger charge is 2.59. The lowest BCUT2D eigenvalue weighted by Gasteiger charge is -2.08. The van der Waals surface area contributed by atoms with Crippen LogP contribution in [0.1, 0.15) is 18.9 Å². The molecule has 2 rings (SSSR count). The van der Waals surface area contributed by atoms with Gasteiger partial charge in [0.2, 0.25) is 0 Å². The average Bonchev–Trinajstić information content (AvgIpc) is 2.93. The van der Waals surface area contributed by atoms with Crippen molar-refractivity contribution >= 4 is 5.97 Å². The first-order valence-corrected chi connectivity index (χ1v) is 4.83. The molecule has 1 fully saturated rings.